The Kier molecular flexibility index (Phi) is 9.83. The summed E-state index contributed by atoms with van der Waals surface area (Å²) < 4.78 is 37.1. The van der Waals surface area contributed by atoms with Crippen LogP contribution in [0.2, 0.25) is 0 Å². The Bertz CT molecular complexity index is 1490. The topological polar surface area (TPSA) is 194 Å². The number of hydrogen-bond donors (Lipinski definition) is 5. The van der Waals surface area contributed by atoms with Crippen LogP contribution in [0.3, 0.4) is 0 Å². The molecule has 0 bridgehead atoms. The van der Waals surface area contributed by atoms with Gasteiger partial charge in [-0.2, -0.15) is 0 Å². The van der Waals surface area contributed by atoms with E-state index in [0.29, 0.717) is 22.6 Å². The molecule has 0 saturated carbocycles. The van der Waals surface area contributed by atoms with Crippen LogP contribution in [0.15, 0.2) is 65.7 Å². The van der Waals surface area contributed by atoms with Crippen LogP contribution in [0.4, 0.5) is 14.5 Å². The monoisotopic (exact) mass is 556 g/mol. The van der Waals surface area contributed by atoms with E-state index in [4.69, 9.17) is 30.5 Å². The zero-order chi connectivity index (χ0) is 29.2. The lowest BCUT2D eigenvalue weighted by atomic mass is 10.0. The molecular weight excluding hydrogens is 530 g/mol. The van der Waals surface area contributed by atoms with Gasteiger partial charge in [-0.05, 0) is 48.0 Å². The highest BCUT2D eigenvalue weighted by Gasteiger charge is 2.23. The molecule has 1 atom stereocenters. The average molecular weight is 557 g/mol. The largest absolute Gasteiger partial charge is 0.497 e. The third-order valence-corrected chi connectivity index (χ3v) is 5.00. The first-order valence-corrected chi connectivity index (χ1v) is 11.5. The first-order chi connectivity index (χ1) is 19.1. The average Bonchev–Trinajstić information content (AvgIpc) is 3.31. The number of hydrogen-bond acceptors (Lipinski definition) is 9. The van der Waals surface area contributed by atoms with Crippen LogP contribution in [0.25, 0.3) is 5.95 Å². The minimum Gasteiger partial charge on any atom is -0.497 e. The summed E-state index contributed by atoms with van der Waals surface area (Å²) in [6, 6.07) is 12.2. The number of rotatable bonds is 10. The van der Waals surface area contributed by atoms with E-state index < -0.39 is 30.7 Å². The first-order valence-electron chi connectivity index (χ1n) is 11.5. The second-order valence-electron chi connectivity index (χ2n) is 8.01. The number of benzene rings is 2. The number of aromatic nitrogens is 5. The van der Waals surface area contributed by atoms with E-state index in [1.165, 1.54) is 25.6 Å². The van der Waals surface area contributed by atoms with Crippen molar-refractivity contribution in [3.8, 4) is 17.4 Å². The number of alkyl halides is 2. The molecule has 2 aromatic carbocycles. The van der Waals surface area contributed by atoms with Crippen molar-refractivity contribution >= 4 is 17.5 Å². The van der Waals surface area contributed by atoms with Crippen LogP contribution in [0, 0.1) is 5.41 Å². The molecule has 2 aromatic heterocycles. The lowest BCUT2D eigenvalue weighted by molar-refractivity contribution is -0.134. The number of carbonyl (C=O) groups is 1. The number of carboxylic acid groups (broad SMARTS) is 1. The van der Waals surface area contributed by atoms with Crippen LogP contribution in [-0.4, -0.2) is 61.8 Å². The van der Waals surface area contributed by atoms with Gasteiger partial charge in [0.2, 0.25) is 0 Å². The van der Waals surface area contributed by atoms with E-state index in [0.717, 1.165) is 11.6 Å². The number of methoxy groups -OCH3 is 1. The molecular formula is C25H26F2N8O5. The SMILES string of the molecule is CC(=O)O.COc1cc(OCC(F)F)cc(C(Nc2ccc(C(=N)N)cc2)c2nn(-c3ncccn3)c(=O)[nH]2)c1. The molecule has 0 saturated heterocycles. The molecule has 0 radical (unpaired) electrons. The summed E-state index contributed by atoms with van der Waals surface area (Å²) in [6.45, 7) is 0.286. The number of amidine groups is 1. The standard InChI is InChI=1S/C23H22F2N8O3.C2H4O2/c1-35-16-9-14(10-17(11-16)36-12-18(24)25)19(30-15-5-3-13(4-6-15)20(26)27)21-31-23(34)33(32-21)22-28-7-2-8-29-22;1-2(3)4/h2-11,18-19,30H,12H2,1H3,(H3,26,27)(H,31,32,34);1H3,(H,3,4). The van der Waals surface area contributed by atoms with E-state index >= 15 is 0 Å². The molecule has 0 aliphatic rings. The Hall–Kier alpha value is -5.34. The smallest absolute Gasteiger partial charge is 0.350 e. The van der Waals surface area contributed by atoms with Crippen LogP contribution in [0.1, 0.15) is 29.9 Å². The Labute approximate surface area is 226 Å². The number of nitrogen functional groups attached to an aromatic ring is 1. The zero-order valence-corrected chi connectivity index (χ0v) is 21.3. The second-order valence-corrected chi connectivity index (χ2v) is 8.01. The van der Waals surface area contributed by atoms with E-state index in [-0.39, 0.29) is 23.4 Å². The van der Waals surface area contributed by atoms with Gasteiger partial charge in [0, 0.05) is 36.6 Å². The molecule has 0 amide bonds. The van der Waals surface area contributed by atoms with Crippen molar-refractivity contribution in [1.29, 1.82) is 5.41 Å². The van der Waals surface area contributed by atoms with Gasteiger partial charge in [-0.3, -0.25) is 15.2 Å². The molecule has 6 N–H and O–H groups in total. The van der Waals surface area contributed by atoms with Crippen LogP contribution < -0.4 is 26.2 Å². The zero-order valence-electron chi connectivity index (χ0n) is 21.3. The van der Waals surface area contributed by atoms with E-state index in [2.05, 4.69) is 25.4 Å². The molecule has 0 spiro atoms. The highest BCUT2D eigenvalue weighted by Crippen LogP contribution is 2.31. The Morgan fingerprint density at radius 1 is 1.18 bits per heavy atom. The fraction of sp³-hybridized carbons (Fsp3) is 0.200. The minimum absolute atomic E-state index is 0.0705. The van der Waals surface area contributed by atoms with Gasteiger partial charge in [-0.25, -0.2) is 23.5 Å². The molecule has 0 aliphatic heterocycles. The minimum atomic E-state index is -2.66. The molecule has 4 aromatic rings. The number of aliphatic carboxylic acids is 1. The van der Waals surface area contributed by atoms with Crippen LogP contribution >= 0.6 is 0 Å². The molecule has 40 heavy (non-hydrogen) atoms. The van der Waals surface area contributed by atoms with Gasteiger partial charge in [0.05, 0.1) is 7.11 Å². The number of nitrogens with zero attached hydrogens (tertiary/aromatic N) is 4. The van der Waals surface area contributed by atoms with Crippen LogP contribution in [-0.2, 0) is 4.79 Å². The number of aromatic amines is 1. The fourth-order valence-electron chi connectivity index (χ4n) is 3.35. The second kappa shape index (κ2) is 13.5. The first kappa shape index (κ1) is 29.2. The maximum absolute atomic E-state index is 12.8. The predicted octanol–water partition coefficient (Wildman–Crippen LogP) is 2.58. The van der Waals surface area contributed by atoms with Gasteiger partial charge in [-0.1, -0.05) is 0 Å². The third kappa shape index (κ3) is 8.08. The molecule has 210 valence electrons. The molecule has 13 nitrogen and oxygen atoms in total. The Balaban J connectivity index is 0.00000103. The van der Waals surface area contributed by atoms with Gasteiger partial charge in [0.15, 0.2) is 5.82 Å². The van der Waals surface area contributed by atoms with Gasteiger partial charge in [0.25, 0.3) is 18.3 Å². The van der Waals surface area contributed by atoms with Crippen molar-refractivity contribution in [3.05, 3.63) is 88.4 Å². The van der Waals surface area contributed by atoms with Crippen molar-refractivity contribution in [2.45, 2.75) is 19.4 Å². The lowest BCUT2D eigenvalue weighted by Crippen LogP contribution is -2.18. The summed E-state index contributed by atoms with van der Waals surface area (Å²) in [6.07, 6.45) is 0.292. The van der Waals surface area contributed by atoms with Gasteiger partial charge >= 0.3 is 5.69 Å². The lowest BCUT2D eigenvalue weighted by Gasteiger charge is -2.20. The Morgan fingerprint density at radius 3 is 2.38 bits per heavy atom. The van der Waals surface area contributed by atoms with Gasteiger partial charge < -0.3 is 25.6 Å². The predicted molar refractivity (Wildman–Crippen MR) is 141 cm³/mol. The molecule has 4 rings (SSSR count). The number of carboxylic acids is 1. The summed E-state index contributed by atoms with van der Waals surface area (Å²) in [7, 11) is 1.43. The van der Waals surface area contributed by atoms with E-state index in [1.807, 2.05) is 0 Å². The normalized spacial score (nSPS) is 11.2. The third-order valence-electron chi connectivity index (χ3n) is 5.00. The number of ether oxygens (including phenoxy) is 2. The van der Waals surface area contributed by atoms with Crippen molar-refractivity contribution in [2.24, 2.45) is 5.73 Å². The number of halogens is 2. The van der Waals surface area contributed by atoms with Crippen molar-refractivity contribution < 1.29 is 28.2 Å². The van der Waals surface area contributed by atoms with Crippen LogP contribution in [0.5, 0.6) is 11.5 Å². The maximum Gasteiger partial charge on any atom is 0.350 e. The Morgan fingerprint density at radius 2 is 1.80 bits per heavy atom. The van der Waals surface area contributed by atoms with Crippen molar-refractivity contribution in [1.82, 2.24) is 24.7 Å². The van der Waals surface area contributed by atoms with Crippen molar-refractivity contribution in [3.63, 3.8) is 0 Å². The number of nitrogens with two attached hydrogens (primary N) is 1. The molecule has 0 aliphatic carbocycles. The summed E-state index contributed by atoms with van der Waals surface area (Å²) in [5.41, 5.74) is 6.60. The quantitative estimate of drug-likeness (QED) is 0.143. The summed E-state index contributed by atoms with van der Waals surface area (Å²) in [5.74, 6) is -0.157. The van der Waals surface area contributed by atoms with Gasteiger partial charge in [0.1, 0.15) is 30.0 Å². The fourth-order valence-corrected chi connectivity index (χ4v) is 3.35. The number of anilines is 1. The summed E-state index contributed by atoms with van der Waals surface area (Å²) >= 11 is 0. The summed E-state index contributed by atoms with van der Waals surface area (Å²) in [5, 5.41) is 22.6. The number of H-pyrrole nitrogens is 1. The maximum atomic E-state index is 12.8. The molecule has 0 fully saturated rings. The molecule has 15 heteroatoms. The van der Waals surface area contributed by atoms with Gasteiger partial charge in [-0.15, -0.1) is 9.78 Å². The van der Waals surface area contributed by atoms with E-state index in [1.54, 1.807) is 42.5 Å². The molecule has 1 unspecified atom stereocenters. The van der Waals surface area contributed by atoms with Crippen molar-refractivity contribution in [2.75, 3.05) is 19.0 Å². The number of nitrogens with one attached hydrogen (secondary N) is 3. The summed E-state index contributed by atoms with van der Waals surface area (Å²) in [4.78, 5) is 32.5. The highest BCUT2D eigenvalue weighted by molar-refractivity contribution is 5.95. The van der Waals surface area contributed by atoms with E-state index in [9.17, 15) is 13.6 Å². The molecule has 2 heterocycles. The highest BCUT2D eigenvalue weighted by atomic mass is 19.3.